The Labute approximate surface area is 129 Å². The minimum atomic E-state index is 0.361. The van der Waals surface area contributed by atoms with Gasteiger partial charge in [-0.1, -0.05) is 40.2 Å². The van der Waals surface area contributed by atoms with Crippen LogP contribution in [0.25, 0.3) is 0 Å². The molecule has 0 bridgehead atoms. The van der Waals surface area contributed by atoms with Crippen LogP contribution in [0.4, 0.5) is 0 Å². The second kappa shape index (κ2) is 4.27. The average Bonchev–Trinajstić information content (AvgIpc) is 2.77. The number of aryl methyl sites for hydroxylation is 1. The summed E-state index contributed by atoms with van der Waals surface area (Å²) in [5.41, 5.74) is 5.52. The summed E-state index contributed by atoms with van der Waals surface area (Å²) in [4.78, 5) is 0. The Hall–Kier alpha value is -0.980. The zero-order valence-corrected chi connectivity index (χ0v) is 14.0. The maximum Gasteiger partial charge on any atom is 0.123 e. The van der Waals surface area contributed by atoms with E-state index in [2.05, 4.69) is 39.8 Å². The summed E-state index contributed by atoms with van der Waals surface area (Å²) in [7, 11) is 0. The van der Waals surface area contributed by atoms with Crippen LogP contribution in [-0.2, 0) is 11.8 Å². The smallest absolute Gasteiger partial charge is 0.123 e. The minimum Gasteiger partial charge on any atom is -0.493 e. The molecule has 1 heteroatoms. The second-order valence-electron chi connectivity index (χ2n) is 8.61. The van der Waals surface area contributed by atoms with E-state index in [-0.39, 0.29) is 0 Å². The highest BCUT2D eigenvalue weighted by atomic mass is 16.5. The Morgan fingerprint density at radius 1 is 1.14 bits per heavy atom. The van der Waals surface area contributed by atoms with Crippen molar-refractivity contribution in [2.24, 2.45) is 11.3 Å². The van der Waals surface area contributed by atoms with E-state index in [0.717, 1.165) is 12.5 Å². The van der Waals surface area contributed by atoms with Gasteiger partial charge in [0, 0.05) is 11.5 Å². The van der Waals surface area contributed by atoms with Gasteiger partial charge in [0.05, 0.1) is 6.61 Å². The third-order valence-corrected chi connectivity index (χ3v) is 6.80. The molecule has 1 saturated carbocycles. The lowest BCUT2D eigenvalue weighted by Gasteiger charge is -2.54. The van der Waals surface area contributed by atoms with Crippen LogP contribution in [0.3, 0.4) is 0 Å². The van der Waals surface area contributed by atoms with Crippen LogP contribution in [0.15, 0.2) is 12.1 Å². The van der Waals surface area contributed by atoms with E-state index >= 15 is 0 Å². The maximum absolute atomic E-state index is 5.95. The van der Waals surface area contributed by atoms with Gasteiger partial charge in [-0.2, -0.15) is 0 Å². The van der Waals surface area contributed by atoms with Crippen molar-refractivity contribution in [2.45, 2.75) is 71.1 Å². The molecule has 1 heterocycles. The minimum absolute atomic E-state index is 0.361. The van der Waals surface area contributed by atoms with E-state index < -0.39 is 0 Å². The fourth-order valence-electron chi connectivity index (χ4n) is 5.65. The van der Waals surface area contributed by atoms with E-state index in [0.29, 0.717) is 16.7 Å². The van der Waals surface area contributed by atoms with Gasteiger partial charge in [-0.25, -0.2) is 0 Å². The average molecular weight is 284 g/mol. The molecule has 1 nitrogen and oxygen atoms in total. The first-order valence-electron chi connectivity index (χ1n) is 8.72. The van der Waals surface area contributed by atoms with Crippen LogP contribution >= 0.6 is 0 Å². The Bertz CT molecular complexity index is 586. The molecule has 0 unspecified atom stereocenters. The molecule has 0 amide bonds. The lowest BCUT2D eigenvalue weighted by atomic mass is 9.50. The first-order chi connectivity index (χ1) is 9.92. The zero-order valence-electron chi connectivity index (χ0n) is 14.0. The van der Waals surface area contributed by atoms with Crippen molar-refractivity contribution in [1.82, 2.24) is 0 Å². The van der Waals surface area contributed by atoms with Gasteiger partial charge in [-0.3, -0.25) is 0 Å². The molecule has 0 radical (unpaired) electrons. The summed E-state index contributed by atoms with van der Waals surface area (Å²) in [5, 5.41) is 0. The lowest BCUT2D eigenvalue weighted by molar-refractivity contribution is 0.0406. The molecule has 2 aliphatic carbocycles. The number of ether oxygens (including phenoxy) is 1. The van der Waals surface area contributed by atoms with Crippen molar-refractivity contribution < 1.29 is 4.74 Å². The quantitative estimate of drug-likeness (QED) is 0.635. The van der Waals surface area contributed by atoms with Gasteiger partial charge in [0.15, 0.2) is 0 Å². The first kappa shape index (κ1) is 13.7. The van der Waals surface area contributed by atoms with Crippen LogP contribution in [0.2, 0.25) is 0 Å². The van der Waals surface area contributed by atoms with Crippen LogP contribution in [0, 0.1) is 11.3 Å². The van der Waals surface area contributed by atoms with Crippen LogP contribution in [-0.4, -0.2) is 6.61 Å². The molecule has 1 aromatic carbocycles. The van der Waals surface area contributed by atoms with Gasteiger partial charge in [-0.15, -0.1) is 0 Å². The highest BCUT2D eigenvalue weighted by Gasteiger charge is 2.50. The van der Waals surface area contributed by atoms with Crippen molar-refractivity contribution in [2.75, 3.05) is 6.61 Å². The Morgan fingerprint density at radius 3 is 2.76 bits per heavy atom. The van der Waals surface area contributed by atoms with E-state index in [1.54, 1.807) is 11.1 Å². The Kier molecular flexibility index (Phi) is 2.78. The molecule has 0 spiro atoms. The predicted molar refractivity (Wildman–Crippen MR) is 87.1 cm³/mol. The van der Waals surface area contributed by atoms with E-state index in [1.807, 2.05) is 0 Å². The molecule has 3 aliphatic rings. The summed E-state index contributed by atoms with van der Waals surface area (Å²) >= 11 is 0. The van der Waals surface area contributed by atoms with Crippen molar-refractivity contribution in [1.29, 1.82) is 0 Å². The molecule has 0 saturated heterocycles. The van der Waals surface area contributed by atoms with Gasteiger partial charge in [0.1, 0.15) is 5.75 Å². The Morgan fingerprint density at radius 2 is 1.95 bits per heavy atom. The number of hydrogen-bond donors (Lipinski definition) is 0. The monoisotopic (exact) mass is 284 g/mol. The topological polar surface area (TPSA) is 9.23 Å². The molecule has 21 heavy (non-hydrogen) atoms. The summed E-state index contributed by atoms with van der Waals surface area (Å²) < 4.78 is 5.95. The lowest BCUT2D eigenvalue weighted by Crippen LogP contribution is -2.47. The molecule has 114 valence electrons. The van der Waals surface area contributed by atoms with Crippen LogP contribution in [0.1, 0.15) is 76.0 Å². The largest absolute Gasteiger partial charge is 0.493 e. The fourth-order valence-corrected chi connectivity index (χ4v) is 5.65. The molecule has 1 aromatic rings. The Balaban J connectivity index is 1.85. The van der Waals surface area contributed by atoms with E-state index in [4.69, 9.17) is 4.74 Å². The molecule has 1 aliphatic heterocycles. The van der Waals surface area contributed by atoms with E-state index in [9.17, 15) is 0 Å². The highest BCUT2D eigenvalue weighted by molar-refractivity contribution is 5.51. The summed E-state index contributed by atoms with van der Waals surface area (Å²) in [6, 6.07) is 4.90. The number of benzene rings is 1. The van der Waals surface area contributed by atoms with Gasteiger partial charge < -0.3 is 4.74 Å². The SMILES string of the molecule is C[C@H]1COc2cc3c(cc21)CC[C@@H]1C(C)(C)CCC[C@]31C. The summed E-state index contributed by atoms with van der Waals surface area (Å²) in [5.74, 6) is 2.56. The van der Waals surface area contributed by atoms with Crippen molar-refractivity contribution in [3.05, 3.63) is 28.8 Å². The first-order valence-corrected chi connectivity index (χ1v) is 8.72. The maximum atomic E-state index is 5.95. The van der Waals surface area contributed by atoms with Crippen molar-refractivity contribution in [3.8, 4) is 5.75 Å². The van der Waals surface area contributed by atoms with Gasteiger partial charge in [0.25, 0.3) is 0 Å². The molecule has 1 fully saturated rings. The van der Waals surface area contributed by atoms with Gasteiger partial charge in [0.2, 0.25) is 0 Å². The molecular formula is C20H28O. The molecule has 4 rings (SSSR count). The number of hydrogen-bond acceptors (Lipinski definition) is 1. The van der Waals surface area contributed by atoms with Crippen LogP contribution < -0.4 is 4.74 Å². The van der Waals surface area contributed by atoms with Crippen LogP contribution in [0.5, 0.6) is 5.75 Å². The molecule has 0 aromatic heterocycles. The third kappa shape index (κ3) is 1.82. The van der Waals surface area contributed by atoms with Gasteiger partial charge in [-0.05, 0) is 59.6 Å². The summed E-state index contributed by atoms with van der Waals surface area (Å²) in [6.45, 7) is 10.7. The highest BCUT2D eigenvalue weighted by Crippen LogP contribution is 2.58. The summed E-state index contributed by atoms with van der Waals surface area (Å²) in [6.07, 6.45) is 6.74. The van der Waals surface area contributed by atoms with Crippen molar-refractivity contribution >= 4 is 0 Å². The normalized spacial score (nSPS) is 36.4. The third-order valence-electron chi connectivity index (χ3n) is 6.80. The standard InChI is InChI=1S/C20H28O/c1-13-12-21-17-11-16-14(10-15(13)17)6-7-18-19(2,3)8-5-9-20(16,18)4/h10-11,13,18H,5-9,12H2,1-4H3/t13-,18+,20+/m0/s1. The van der Waals surface area contributed by atoms with E-state index in [1.165, 1.54) is 43.4 Å². The molecular weight excluding hydrogens is 256 g/mol. The molecule has 3 atom stereocenters. The second-order valence-corrected chi connectivity index (χ2v) is 8.61. The number of rotatable bonds is 0. The number of fused-ring (bicyclic) bond motifs is 4. The molecule has 0 N–H and O–H groups in total. The predicted octanol–water partition coefficient (Wildman–Crippen LogP) is 5.21. The van der Waals surface area contributed by atoms with Gasteiger partial charge >= 0.3 is 0 Å². The fraction of sp³-hybridized carbons (Fsp3) is 0.700. The van der Waals surface area contributed by atoms with Crippen molar-refractivity contribution in [3.63, 3.8) is 0 Å². The zero-order chi connectivity index (χ0) is 14.8.